The SMILES string of the molecule is CC1Oc2c(cc(N)cc2C(C)(C)C)NC1=O. The smallest absolute Gasteiger partial charge is 0.265 e. The van der Waals surface area contributed by atoms with E-state index in [-0.39, 0.29) is 11.3 Å². The zero-order chi connectivity index (χ0) is 12.8. The highest BCUT2D eigenvalue weighted by molar-refractivity contribution is 5.98. The molecule has 1 aliphatic heterocycles. The molecular formula is C13H18N2O2. The van der Waals surface area contributed by atoms with Gasteiger partial charge in [-0.05, 0) is 24.5 Å². The van der Waals surface area contributed by atoms with Gasteiger partial charge in [-0.3, -0.25) is 4.79 Å². The van der Waals surface area contributed by atoms with Gasteiger partial charge in [0.05, 0.1) is 5.69 Å². The normalized spacial score (nSPS) is 19.3. The van der Waals surface area contributed by atoms with Crippen molar-refractivity contribution < 1.29 is 9.53 Å². The third-order valence-corrected chi connectivity index (χ3v) is 2.84. The number of carbonyl (C=O) groups excluding carboxylic acids is 1. The van der Waals surface area contributed by atoms with E-state index in [0.29, 0.717) is 11.4 Å². The van der Waals surface area contributed by atoms with Crippen molar-refractivity contribution in [2.24, 2.45) is 0 Å². The van der Waals surface area contributed by atoms with Crippen LogP contribution in [-0.4, -0.2) is 12.0 Å². The molecule has 1 aromatic rings. The molecule has 92 valence electrons. The van der Waals surface area contributed by atoms with Crippen LogP contribution in [0.15, 0.2) is 12.1 Å². The van der Waals surface area contributed by atoms with Crippen LogP contribution in [0.3, 0.4) is 0 Å². The van der Waals surface area contributed by atoms with E-state index in [4.69, 9.17) is 10.5 Å². The summed E-state index contributed by atoms with van der Waals surface area (Å²) >= 11 is 0. The van der Waals surface area contributed by atoms with Crippen molar-refractivity contribution >= 4 is 17.3 Å². The fraction of sp³-hybridized carbons (Fsp3) is 0.462. The second-order valence-corrected chi connectivity index (χ2v) is 5.44. The summed E-state index contributed by atoms with van der Waals surface area (Å²) < 4.78 is 5.69. The first kappa shape index (κ1) is 11.8. The van der Waals surface area contributed by atoms with Crippen LogP contribution in [0.2, 0.25) is 0 Å². The van der Waals surface area contributed by atoms with Gasteiger partial charge < -0.3 is 15.8 Å². The van der Waals surface area contributed by atoms with Gasteiger partial charge in [-0.15, -0.1) is 0 Å². The quantitative estimate of drug-likeness (QED) is 0.677. The number of carbonyl (C=O) groups is 1. The van der Waals surface area contributed by atoms with Gasteiger partial charge in [0.2, 0.25) is 0 Å². The van der Waals surface area contributed by atoms with Gasteiger partial charge in [0, 0.05) is 11.3 Å². The van der Waals surface area contributed by atoms with Gasteiger partial charge >= 0.3 is 0 Å². The van der Waals surface area contributed by atoms with E-state index in [2.05, 4.69) is 26.1 Å². The van der Waals surface area contributed by atoms with Crippen molar-refractivity contribution in [1.82, 2.24) is 0 Å². The van der Waals surface area contributed by atoms with Crippen molar-refractivity contribution in [2.45, 2.75) is 39.2 Å². The standard InChI is InChI=1S/C13H18N2O2/c1-7-12(16)15-10-6-8(14)5-9(11(10)17-7)13(2,3)4/h5-7H,14H2,1-4H3,(H,15,16). The van der Waals surface area contributed by atoms with E-state index in [1.54, 1.807) is 13.0 Å². The van der Waals surface area contributed by atoms with Crippen LogP contribution >= 0.6 is 0 Å². The highest BCUT2D eigenvalue weighted by Gasteiger charge is 2.30. The molecule has 4 heteroatoms. The maximum absolute atomic E-state index is 11.6. The predicted octanol–water partition coefficient (Wildman–Crippen LogP) is 2.29. The molecule has 3 N–H and O–H groups in total. The van der Waals surface area contributed by atoms with Crippen molar-refractivity contribution in [1.29, 1.82) is 0 Å². The molecule has 1 aliphatic rings. The van der Waals surface area contributed by atoms with Crippen LogP contribution in [0.1, 0.15) is 33.3 Å². The van der Waals surface area contributed by atoms with Gasteiger partial charge in [0.25, 0.3) is 5.91 Å². The Kier molecular flexibility index (Phi) is 2.53. The molecule has 1 unspecified atom stereocenters. The highest BCUT2D eigenvalue weighted by atomic mass is 16.5. The van der Waals surface area contributed by atoms with Gasteiger partial charge in [-0.25, -0.2) is 0 Å². The van der Waals surface area contributed by atoms with E-state index >= 15 is 0 Å². The fourth-order valence-electron chi connectivity index (χ4n) is 1.89. The molecule has 0 radical (unpaired) electrons. The van der Waals surface area contributed by atoms with Crippen molar-refractivity contribution in [3.63, 3.8) is 0 Å². The molecule has 0 saturated carbocycles. The first-order valence-corrected chi connectivity index (χ1v) is 5.70. The lowest BCUT2D eigenvalue weighted by molar-refractivity contribution is -0.122. The molecule has 4 nitrogen and oxygen atoms in total. The van der Waals surface area contributed by atoms with E-state index < -0.39 is 6.10 Å². The lowest BCUT2D eigenvalue weighted by Gasteiger charge is -2.30. The van der Waals surface area contributed by atoms with E-state index in [1.165, 1.54) is 0 Å². The van der Waals surface area contributed by atoms with Crippen LogP contribution in [0, 0.1) is 0 Å². The second-order valence-electron chi connectivity index (χ2n) is 5.44. The third kappa shape index (κ3) is 2.07. The topological polar surface area (TPSA) is 64.3 Å². The molecule has 0 saturated heterocycles. The van der Waals surface area contributed by atoms with E-state index in [9.17, 15) is 4.79 Å². The average molecular weight is 234 g/mol. The monoisotopic (exact) mass is 234 g/mol. The molecule has 0 aromatic heterocycles. The van der Waals surface area contributed by atoms with Crippen molar-refractivity contribution in [2.75, 3.05) is 11.1 Å². The first-order valence-electron chi connectivity index (χ1n) is 5.70. The average Bonchev–Trinajstić information content (AvgIpc) is 2.18. The maximum Gasteiger partial charge on any atom is 0.265 e. The minimum Gasteiger partial charge on any atom is -0.478 e. The molecule has 17 heavy (non-hydrogen) atoms. The number of rotatable bonds is 0. The number of benzene rings is 1. The number of hydrogen-bond donors (Lipinski definition) is 2. The number of hydrogen-bond acceptors (Lipinski definition) is 3. The summed E-state index contributed by atoms with van der Waals surface area (Å²) in [6, 6.07) is 3.64. The Morgan fingerprint density at radius 1 is 1.35 bits per heavy atom. The first-order chi connectivity index (χ1) is 7.79. The number of nitrogens with two attached hydrogens (primary N) is 1. The molecule has 0 aliphatic carbocycles. The molecule has 1 aromatic carbocycles. The number of amides is 1. The molecule has 0 fully saturated rings. The Hall–Kier alpha value is -1.71. The number of nitrogens with one attached hydrogen (secondary N) is 1. The Bertz CT molecular complexity index is 475. The predicted molar refractivity (Wildman–Crippen MR) is 68.3 cm³/mol. The molecule has 1 amide bonds. The van der Waals surface area contributed by atoms with Gasteiger partial charge in [0.1, 0.15) is 5.75 Å². The van der Waals surface area contributed by atoms with Crippen molar-refractivity contribution in [3.8, 4) is 5.75 Å². The van der Waals surface area contributed by atoms with Crippen LogP contribution in [0.25, 0.3) is 0 Å². The summed E-state index contributed by atoms with van der Waals surface area (Å²) in [7, 11) is 0. The summed E-state index contributed by atoms with van der Waals surface area (Å²) in [6.07, 6.45) is -0.466. The van der Waals surface area contributed by atoms with Crippen molar-refractivity contribution in [3.05, 3.63) is 17.7 Å². The Morgan fingerprint density at radius 3 is 2.59 bits per heavy atom. The van der Waals surface area contributed by atoms with Gasteiger partial charge in [0.15, 0.2) is 6.10 Å². The molecule has 2 rings (SSSR count). The Balaban J connectivity index is 2.60. The Morgan fingerprint density at radius 2 is 2.00 bits per heavy atom. The molecule has 1 atom stereocenters. The van der Waals surface area contributed by atoms with Crippen LogP contribution < -0.4 is 15.8 Å². The van der Waals surface area contributed by atoms with E-state index in [1.807, 2.05) is 6.07 Å². The summed E-state index contributed by atoms with van der Waals surface area (Å²) in [5.41, 5.74) is 8.08. The van der Waals surface area contributed by atoms with Gasteiger partial charge in [-0.2, -0.15) is 0 Å². The second kappa shape index (κ2) is 3.65. The van der Waals surface area contributed by atoms with Crippen LogP contribution in [0.5, 0.6) is 5.75 Å². The zero-order valence-corrected chi connectivity index (χ0v) is 10.6. The number of anilines is 2. The lowest BCUT2D eigenvalue weighted by atomic mass is 9.85. The maximum atomic E-state index is 11.6. The lowest BCUT2D eigenvalue weighted by Crippen LogP contribution is -2.35. The highest BCUT2D eigenvalue weighted by Crippen LogP contribution is 2.41. The molecular weight excluding hydrogens is 216 g/mol. The Labute approximate surface area is 101 Å². The number of nitrogen functional groups attached to an aromatic ring is 1. The van der Waals surface area contributed by atoms with Gasteiger partial charge in [-0.1, -0.05) is 20.8 Å². The van der Waals surface area contributed by atoms with Crippen LogP contribution in [-0.2, 0) is 10.2 Å². The van der Waals surface area contributed by atoms with Crippen LogP contribution in [0.4, 0.5) is 11.4 Å². The largest absolute Gasteiger partial charge is 0.478 e. The molecule has 0 spiro atoms. The molecule has 1 heterocycles. The summed E-state index contributed by atoms with van der Waals surface area (Å²) in [6.45, 7) is 8.01. The fourth-order valence-corrected chi connectivity index (χ4v) is 1.89. The number of ether oxygens (including phenoxy) is 1. The zero-order valence-electron chi connectivity index (χ0n) is 10.6. The number of fused-ring (bicyclic) bond motifs is 1. The minimum absolute atomic E-state index is 0.0821. The summed E-state index contributed by atoms with van der Waals surface area (Å²) in [4.78, 5) is 11.6. The summed E-state index contributed by atoms with van der Waals surface area (Å²) in [5.74, 6) is 0.599. The third-order valence-electron chi connectivity index (χ3n) is 2.84. The summed E-state index contributed by atoms with van der Waals surface area (Å²) in [5, 5.41) is 2.82. The van der Waals surface area contributed by atoms with E-state index in [0.717, 1.165) is 11.3 Å². The molecule has 0 bridgehead atoms. The minimum atomic E-state index is -0.466.